The molecule has 0 aromatic heterocycles. The van der Waals surface area contributed by atoms with Gasteiger partial charge >= 0.3 is 5.97 Å². The smallest absolute Gasteiger partial charge is 0.334 e. The fourth-order valence-corrected chi connectivity index (χ4v) is 8.07. The third kappa shape index (κ3) is 3.89. The van der Waals surface area contributed by atoms with Gasteiger partial charge in [0.1, 0.15) is 5.75 Å². The van der Waals surface area contributed by atoms with E-state index in [0.29, 0.717) is 11.8 Å². The van der Waals surface area contributed by atoms with Crippen molar-refractivity contribution in [2.24, 2.45) is 17.3 Å². The zero-order valence-corrected chi connectivity index (χ0v) is 22.8. The first kappa shape index (κ1) is 24.5. The highest BCUT2D eigenvalue weighted by atomic mass is 28.4. The summed E-state index contributed by atoms with van der Waals surface area (Å²) in [5, 5.41) is 0.170. The van der Waals surface area contributed by atoms with Crippen molar-refractivity contribution in [3.63, 3.8) is 0 Å². The highest BCUT2D eigenvalue weighted by Gasteiger charge is 2.59. The Labute approximate surface area is 201 Å². The number of fused-ring (bicyclic) bond motifs is 5. The Morgan fingerprint density at radius 3 is 2.48 bits per heavy atom. The summed E-state index contributed by atoms with van der Waals surface area (Å²) in [4.78, 5) is 13.2. The minimum Gasteiger partial charge on any atom is -0.497 e. The van der Waals surface area contributed by atoms with E-state index in [-0.39, 0.29) is 22.5 Å². The molecule has 4 nitrogen and oxygen atoms in total. The van der Waals surface area contributed by atoms with Crippen LogP contribution in [0.2, 0.25) is 18.1 Å². The van der Waals surface area contributed by atoms with Crippen molar-refractivity contribution in [3.8, 4) is 5.75 Å². The van der Waals surface area contributed by atoms with Crippen LogP contribution in [0.15, 0.2) is 23.8 Å². The zero-order chi connectivity index (χ0) is 24.2. The summed E-state index contributed by atoms with van der Waals surface area (Å²) < 4.78 is 18.0. The Morgan fingerprint density at radius 1 is 1.15 bits per heavy atom. The molecule has 4 rings (SSSR count). The molecular formula is C28H42O4Si. The molecule has 0 bridgehead atoms. The summed E-state index contributed by atoms with van der Waals surface area (Å²) in [6.07, 6.45) is 6.40. The van der Waals surface area contributed by atoms with E-state index in [4.69, 9.17) is 13.9 Å². The van der Waals surface area contributed by atoms with Gasteiger partial charge in [-0.3, -0.25) is 0 Å². The van der Waals surface area contributed by atoms with Crippen LogP contribution in [0.1, 0.15) is 70.9 Å². The number of aryl methyl sites for hydroxylation is 1. The van der Waals surface area contributed by atoms with Gasteiger partial charge in [-0.05, 0) is 97.3 Å². The first-order valence-corrected chi connectivity index (χ1v) is 15.6. The molecular weight excluding hydrogens is 428 g/mol. The van der Waals surface area contributed by atoms with E-state index >= 15 is 0 Å². The van der Waals surface area contributed by atoms with Gasteiger partial charge in [0.15, 0.2) is 8.32 Å². The van der Waals surface area contributed by atoms with Gasteiger partial charge in [0.2, 0.25) is 0 Å². The lowest BCUT2D eigenvalue weighted by Crippen LogP contribution is -2.51. The monoisotopic (exact) mass is 470 g/mol. The van der Waals surface area contributed by atoms with E-state index in [2.05, 4.69) is 52.9 Å². The third-order valence-corrected chi connectivity index (χ3v) is 14.0. The molecule has 0 unspecified atom stereocenters. The minimum absolute atomic E-state index is 0.0111. The van der Waals surface area contributed by atoms with Crippen molar-refractivity contribution < 1.29 is 18.7 Å². The van der Waals surface area contributed by atoms with Crippen molar-refractivity contribution in [2.45, 2.75) is 90.5 Å². The van der Waals surface area contributed by atoms with Crippen molar-refractivity contribution >= 4 is 19.9 Å². The second-order valence-electron chi connectivity index (χ2n) is 11.9. The fourth-order valence-electron chi connectivity index (χ4n) is 6.66. The molecule has 33 heavy (non-hydrogen) atoms. The molecule has 3 aliphatic carbocycles. The summed E-state index contributed by atoms with van der Waals surface area (Å²) >= 11 is 0. The van der Waals surface area contributed by atoms with E-state index < -0.39 is 8.32 Å². The number of allylic oxidation sites excluding steroid dienone is 1. The number of methoxy groups -OCH3 is 2. The Kier molecular flexibility index (Phi) is 6.37. The molecule has 5 heteroatoms. The lowest BCUT2D eigenvalue weighted by atomic mass is 9.56. The average Bonchev–Trinajstić information content (AvgIpc) is 3.14. The van der Waals surface area contributed by atoms with Crippen LogP contribution in [0.25, 0.3) is 5.57 Å². The maximum absolute atomic E-state index is 13.2. The second-order valence-corrected chi connectivity index (χ2v) is 16.6. The molecule has 0 saturated heterocycles. The molecule has 1 saturated carbocycles. The van der Waals surface area contributed by atoms with E-state index in [9.17, 15) is 4.79 Å². The average molecular weight is 471 g/mol. The van der Waals surface area contributed by atoms with Gasteiger partial charge < -0.3 is 13.9 Å². The molecule has 0 N–H and O–H groups in total. The minimum atomic E-state index is -1.92. The van der Waals surface area contributed by atoms with Crippen LogP contribution < -0.4 is 4.74 Å². The largest absolute Gasteiger partial charge is 0.497 e. The van der Waals surface area contributed by atoms with E-state index in [1.807, 2.05) is 6.07 Å². The van der Waals surface area contributed by atoms with E-state index in [1.54, 1.807) is 7.11 Å². The van der Waals surface area contributed by atoms with E-state index in [0.717, 1.165) is 43.4 Å². The van der Waals surface area contributed by atoms with Crippen LogP contribution in [0.4, 0.5) is 0 Å². The maximum atomic E-state index is 13.2. The molecule has 1 fully saturated rings. The lowest BCUT2D eigenvalue weighted by Gasteiger charge is -2.51. The topological polar surface area (TPSA) is 44.8 Å². The number of hydrogen-bond acceptors (Lipinski definition) is 4. The van der Waals surface area contributed by atoms with Gasteiger partial charge in [0, 0.05) is 11.0 Å². The van der Waals surface area contributed by atoms with Crippen LogP contribution in [0.3, 0.4) is 0 Å². The Bertz CT molecular complexity index is 957. The Hall–Kier alpha value is -1.59. The summed E-state index contributed by atoms with van der Waals surface area (Å²) in [5.41, 5.74) is 4.66. The predicted octanol–water partition coefficient (Wildman–Crippen LogP) is 6.78. The fraction of sp³-hybridized carbons (Fsp3) is 0.679. The number of ether oxygens (including phenoxy) is 2. The summed E-state index contributed by atoms with van der Waals surface area (Å²) in [6.45, 7) is 14.0. The van der Waals surface area contributed by atoms with Crippen LogP contribution in [0.5, 0.6) is 5.75 Å². The molecule has 3 aliphatic rings. The van der Waals surface area contributed by atoms with Crippen LogP contribution in [0, 0.1) is 17.3 Å². The normalized spacial score (nSPS) is 29.3. The van der Waals surface area contributed by atoms with Crippen molar-refractivity contribution in [1.82, 2.24) is 0 Å². The predicted molar refractivity (Wildman–Crippen MR) is 136 cm³/mol. The highest BCUT2D eigenvalue weighted by molar-refractivity contribution is 6.74. The molecule has 182 valence electrons. The van der Waals surface area contributed by atoms with Gasteiger partial charge in [-0.1, -0.05) is 33.8 Å². The molecule has 4 atom stereocenters. The zero-order valence-electron chi connectivity index (χ0n) is 21.8. The number of hydrogen-bond donors (Lipinski definition) is 0. The van der Waals surface area contributed by atoms with Gasteiger partial charge in [-0.2, -0.15) is 0 Å². The molecule has 0 radical (unpaired) electrons. The number of carbonyl (C=O) groups excluding carboxylic acids is 1. The quantitative estimate of drug-likeness (QED) is 0.351. The number of esters is 1. The summed E-state index contributed by atoms with van der Waals surface area (Å²) in [7, 11) is 1.31. The van der Waals surface area contributed by atoms with Gasteiger partial charge in [-0.25, -0.2) is 4.79 Å². The van der Waals surface area contributed by atoms with Crippen molar-refractivity contribution in [3.05, 3.63) is 34.9 Å². The molecule has 0 heterocycles. The first-order chi connectivity index (χ1) is 15.5. The number of carbonyl (C=O) groups is 1. The number of benzene rings is 1. The maximum Gasteiger partial charge on any atom is 0.334 e. The van der Waals surface area contributed by atoms with Crippen LogP contribution in [-0.4, -0.2) is 34.6 Å². The first-order valence-electron chi connectivity index (χ1n) is 12.7. The molecule has 0 aliphatic heterocycles. The highest BCUT2D eigenvalue weighted by Crippen LogP contribution is 2.63. The van der Waals surface area contributed by atoms with Gasteiger partial charge in [-0.15, -0.1) is 0 Å². The lowest BCUT2D eigenvalue weighted by molar-refractivity contribution is -0.137. The van der Waals surface area contributed by atoms with Crippen molar-refractivity contribution in [1.29, 1.82) is 0 Å². The molecule has 1 aromatic rings. The van der Waals surface area contributed by atoms with Gasteiger partial charge in [0.25, 0.3) is 0 Å². The standard InChI is InChI=1S/C28H42O4Si/c1-9-28-17-22(26(29)31-6)25-20-13-11-19(30-5)16-18(20)10-12-21(25)23(28)14-15-24(28)32-33(7,8)27(2,3)4/h11,13,16,21,23-24H,9-10,12,14-15,17H2,1-8H3/t21-,23-,24-,28-/m0/s1. The molecule has 0 amide bonds. The Morgan fingerprint density at radius 2 is 1.88 bits per heavy atom. The summed E-state index contributed by atoms with van der Waals surface area (Å²) in [5.74, 6) is 1.66. The third-order valence-electron chi connectivity index (χ3n) is 9.47. The van der Waals surface area contributed by atoms with Crippen LogP contribution >= 0.6 is 0 Å². The molecule has 1 aromatic carbocycles. The van der Waals surface area contributed by atoms with E-state index in [1.165, 1.54) is 30.2 Å². The Balaban J connectivity index is 1.82. The SMILES string of the molecule is CC[C@]12CC(C(=O)OC)=C3c4ccc(OC)cc4CC[C@H]3[C@@H]1CC[C@@H]2O[Si](C)(C)C(C)(C)C. The van der Waals surface area contributed by atoms with Crippen molar-refractivity contribution in [2.75, 3.05) is 14.2 Å². The number of rotatable bonds is 5. The summed E-state index contributed by atoms with van der Waals surface area (Å²) in [6, 6.07) is 6.34. The van der Waals surface area contributed by atoms with Gasteiger partial charge in [0.05, 0.1) is 20.3 Å². The van der Waals surface area contributed by atoms with Crippen LogP contribution in [-0.2, 0) is 20.4 Å². The second kappa shape index (κ2) is 8.57. The molecule has 0 spiro atoms.